The van der Waals surface area contributed by atoms with Gasteiger partial charge in [-0.25, -0.2) is 8.42 Å². The molecule has 0 aliphatic carbocycles. The van der Waals surface area contributed by atoms with Crippen LogP contribution in [0.1, 0.15) is 27.2 Å². The van der Waals surface area contributed by atoms with E-state index in [2.05, 4.69) is 10.3 Å². The van der Waals surface area contributed by atoms with E-state index >= 15 is 0 Å². The number of carbonyl (C=O) groups is 1. The number of hydrogen-bond acceptors (Lipinski definition) is 5. The van der Waals surface area contributed by atoms with E-state index in [0.717, 1.165) is 12.3 Å². The predicted octanol–water partition coefficient (Wildman–Crippen LogP) is 5.24. The van der Waals surface area contributed by atoms with Crippen molar-refractivity contribution in [2.24, 2.45) is 0 Å². The van der Waals surface area contributed by atoms with Gasteiger partial charge in [-0.05, 0) is 61.6 Å². The number of amides is 1. The maximum atomic E-state index is 13.3. The van der Waals surface area contributed by atoms with Crippen LogP contribution in [0.5, 0.6) is 0 Å². The third-order valence-corrected chi connectivity index (χ3v) is 8.03. The highest BCUT2D eigenvalue weighted by Crippen LogP contribution is 2.30. The molecule has 0 aliphatic rings. The quantitative estimate of drug-likeness (QED) is 0.350. The molecule has 38 heavy (non-hydrogen) atoms. The first-order valence-corrected chi connectivity index (χ1v) is 13.6. The molecule has 1 amide bonds. The van der Waals surface area contributed by atoms with E-state index in [1.54, 1.807) is 37.2 Å². The maximum Gasteiger partial charge on any atom is 0.433 e. The van der Waals surface area contributed by atoms with E-state index in [0.29, 0.717) is 28.4 Å². The standard InChI is InChI=1S/C25H25Cl2F3N4O3S/c1-33(2)12-13-38(36,37)34(16-19-4-3-5-21(26)23(19)27)20-9-7-18(8-10-20)24(35)32-15-17-6-11-22(31-14-17)25(28,29)30/h3-11,14H,12-13,15-16H2,1-2H3,(H,32,35). The fourth-order valence-corrected chi connectivity index (χ4v) is 5.32. The Kier molecular flexibility index (Phi) is 9.64. The minimum Gasteiger partial charge on any atom is -0.348 e. The molecular formula is C25H25Cl2F3N4O3S. The summed E-state index contributed by atoms with van der Waals surface area (Å²) in [6, 6.07) is 13.0. The average molecular weight is 589 g/mol. The predicted molar refractivity (Wildman–Crippen MR) is 142 cm³/mol. The van der Waals surface area contributed by atoms with Crippen LogP contribution in [0.15, 0.2) is 60.8 Å². The van der Waals surface area contributed by atoms with Gasteiger partial charge in [-0.2, -0.15) is 13.2 Å². The lowest BCUT2D eigenvalue weighted by Crippen LogP contribution is -2.36. The van der Waals surface area contributed by atoms with E-state index in [9.17, 15) is 26.4 Å². The zero-order valence-corrected chi connectivity index (χ0v) is 22.8. The van der Waals surface area contributed by atoms with Gasteiger partial charge in [-0.15, -0.1) is 0 Å². The number of halogens is 5. The number of carbonyl (C=O) groups excluding carboxylic acids is 1. The van der Waals surface area contributed by atoms with Gasteiger partial charge >= 0.3 is 6.18 Å². The molecule has 2 aromatic carbocycles. The summed E-state index contributed by atoms with van der Waals surface area (Å²) in [5.41, 5.74) is 0.440. The minimum atomic E-state index is -4.55. The van der Waals surface area contributed by atoms with Gasteiger partial charge in [0.05, 0.1) is 28.0 Å². The van der Waals surface area contributed by atoms with Crippen molar-refractivity contribution < 1.29 is 26.4 Å². The number of alkyl halides is 3. The van der Waals surface area contributed by atoms with Gasteiger partial charge in [-0.1, -0.05) is 41.4 Å². The molecule has 0 bridgehead atoms. The van der Waals surface area contributed by atoms with Crippen molar-refractivity contribution in [2.45, 2.75) is 19.3 Å². The lowest BCUT2D eigenvalue weighted by atomic mass is 10.1. The Bertz CT molecular complexity index is 1370. The van der Waals surface area contributed by atoms with E-state index in [-0.39, 0.29) is 29.4 Å². The van der Waals surface area contributed by atoms with E-state index < -0.39 is 27.8 Å². The van der Waals surface area contributed by atoms with Gasteiger partial charge in [-0.3, -0.25) is 14.1 Å². The summed E-state index contributed by atoms with van der Waals surface area (Å²) in [4.78, 5) is 17.7. The molecule has 1 aromatic heterocycles. The second-order valence-corrected chi connectivity index (χ2v) is 11.4. The Morgan fingerprint density at radius 2 is 1.71 bits per heavy atom. The Balaban J connectivity index is 1.78. The molecule has 0 radical (unpaired) electrons. The summed E-state index contributed by atoms with van der Waals surface area (Å²) in [6.45, 7) is 0.188. The zero-order valence-electron chi connectivity index (χ0n) is 20.5. The van der Waals surface area contributed by atoms with Gasteiger partial charge in [0.2, 0.25) is 10.0 Å². The molecule has 0 saturated heterocycles. The van der Waals surface area contributed by atoms with Crippen molar-refractivity contribution >= 4 is 44.8 Å². The van der Waals surface area contributed by atoms with Gasteiger partial charge < -0.3 is 10.2 Å². The molecule has 0 atom stereocenters. The molecule has 0 saturated carbocycles. The van der Waals surface area contributed by atoms with Crippen molar-refractivity contribution in [3.05, 3.63) is 93.2 Å². The first-order chi connectivity index (χ1) is 17.8. The van der Waals surface area contributed by atoms with Crippen molar-refractivity contribution in [1.82, 2.24) is 15.2 Å². The number of benzene rings is 2. The molecule has 3 aromatic rings. The molecule has 13 heteroatoms. The van der Waals surface area contributed by atoms with Gasteiger partial charge in [0.15, 0.2) is 0 Å². The topological polar surface area (TPSA) is 82.6 Å². The molecule has 0 unspecified atom stereocenters. The number of hydrogen-bond donors (Lipinski definition) is 1. The van der Waals surface area contributed by atoms with Crippen LogP contribution in [0.4, 0.5) is 18.9 Å². The van der Waals surface area contributed by atoms with Gasteiger partial charge in [0.25, 0.3) is 5.91 Å². The largest absolute Gasteiger partial charge is 0.433 e. The molecule has 0 spiro atoms. The third-order valence-electron chi connectivity index (χ3n) is 5.46. The van der Waals surface area contributed by atoms with Crippen molar-refractivity contribution in [3.63, 3.8) is 0 Å². The molecule has 7 nitrogen and oxygen atoms in total. The summed E-state index contributed by atoms with van der Waals surface area (Å²) in [5.74, 6) is -0.641. The van der Waals surface area contributed by atoms with E-state index in [1.807, 2.05) is 0 Å². The molecule has 1 N–H and O–H groups in total. The lowest BCUT2D eigenvalue weighted by Gasteiger charge is -2.26. The van der Waals surface area contributed by atoms with Crippen LogP contribution < -0.4 is 9.62 Å². The summed E-state index contributed by atoms with van der Waals surface area (Å²) >= 11 is 12.4. The minimum absolute atomic E-state index is 0.0377. The van der Waals surface area contributed by atoms with Gasteiger partial charge in [0, 0.05) is 24.8 Å². The van der Waals surface area contributed by atoms with Crippen molar-refractivity contribution in [3.8, 4) is 0 Å². The van der Waals surface area contributed by atoms with Crippen LogP contribution in [0.2, 0.25) is 10.0 Å². The maximum absolute atomic E-state index is 13.3. The molecule has 204 valence electrons. The fourth-order valence-electron chi connectivity index (χ4n) is 3.34. The number of nitrogens with one attached hydrogen (secondary N) is 1. The highest BCUT2D eigenvalue weighted by molar-refractivity contribution is 7.92. The van der Waals surface area contributed by atoms with E-state index in [1.165, 1.54) is 34.6 Å². The van der Waals surface area contributed by atoms with E-state index in [4.69, 9.17) is 23.2 Å². The second-order valence-electron chi connectivity index (χ2n) is 8.62. The highest BCUT2D eigenvalue weighted by Gasteiger charge is 2.32. The van der Waals surface area contributed by atoms with Crippen LogP contribution in [0.25, 0.3) is 0 Å². The first kappa shape index (κ1) is 29.7. The third kappa shape index (κ3) is 7.83. The molecule has 3 rings (SSSR count). The zero-order chi connectivity index (χ0) is 28.1. The number of anilines is 1. The van der Waals surface area contributed by atoms with Crippen LogP contribution >= 0.6 is 23.2 Å². The lowest BCUT2D eigenvalue weighted by molar-refractivity contribution is -0.141. The molecule has 0 fully saturated rings. The number of rotatable bonds is 10. The van der Waals surface area contributed by atoms with Crippen LogP contribution in [-0.4, -0.2) is 50.6 Å². The molecular weight excluding hydrogens is 564 g/mol. The normalized spacial score (nSPS) is 12.0. The Hall–Kier alpha value is -2.86. The molecule has 1 heterocycles. The Labute approximate surface area is 229 Å². The van der Waals surface area contributed by atoms with Crippen LogP contribution in [0, 0.1) is 0 Å². The summed E-state index contributed by atoms with van der Waals surface area (Å²) in [5, 5.41) is 3.15. The highest BCUT2D eigenvalue weighted by atomic mass is 35.5. The van der Waals surface area contributed by atoms with Crippen LogP contribution in [0.3, 0.4) is 0 Å². The number of sulfonamides is 1. The van der Waals surface area contributed by atoms with Crippen molar-refractivity contribution in [2.75, 3.05) is 30.7 Å². The average Bonchev–Trinajstić information content (AvgIpc) is 2.87. The Morgan fingerprint density at radius 1 is 1.03 bits per heavy atom. The first-order valence-electron chi connectivity index (χ1n) is 11.3. The van der Waals surface area contributed by atoms with Crippen molar-refractivity contribution in [1.29, 1.82) is 0 Å². The fraction of sp³-hybridized carbons (Fsp3) is 0.280. The number of aromatic nitrogens is 1. The second kappa shape index (κ2) is 12.3. The summed E-state index contributed by atoms with van der Waals surface area (Å²) in [6.07, 6.45) is -3.50. The smallest absolute Gasteiger partial charge is 0.348 e. The monoisotopic (exact) mass is 588 g/mol. The number of pyridine rings is 1. The van der Waals surface area contributed by atoms with Gasteiger partial charge in [0.1, 0.15) is 5.69 Å². The number of nitrogens with zero attached hydrogens (tertiary/aromatic N) is 3. The van der Waals surface area contributed by atoms with Crippen LogP contribution in [-0.2, 0) is 29.3 Å². The summed E-state index contributed by atoms with van der Waals surface area (Å²) in [7, 11) is -0.258. The SMILES string of the molecule is CN(C)CCS(=O)(=O)N(Cc1cccc(Cl)c1Cl)c1ccc(C(=O)NCc2ccc(C(F)(F)F)nc2)cc1. The molecule has 0 aliphatic heterocycles. The summed E-state index contributed by atoms with van der Waals surface area (Å²) < 4.78 is 65.8. The Morgan fingerprint density at radius 3 is 2.29 bits per heavy atom.